The van der Waals surface area contributed by atoms with Gasteiger partial charge in [-0.25, -0.2) is 4.39 Å². The van der Waals surface area contributed by atoms with Crippen molar-refractivity contribution in [2.45, 2.75) is 0 Å². The fourth-order valence-electron chi connectivity index (χ4n) is 1.92. The fourth-order valence-corrected chi connectivity index (χ4v) is 1.98. The minimum Gasteiger partial charge on any atom is -0.324 e. The largest absolute Gasteiger partial charge is 0.324 e. The number of rotatable bonds is 5. The number of alkyl halides is 1. The van der Waals surface area contributed by atoms with Crippen molar-refractivity contribution in [1.82, 2.24) is 0 Å². The van der Waals surface area contributed by atoms with E-state index in [1.54, 1.807) is 0 Å². The second-order valence-corrected chi connectivity index (χ2v) is 4.75. The first kappa shape index (κ1) is 16.6. The van der Waals surface area contributed by atoms with Crippen molar-refractivity contribution in [3.8, 4) is 0 Å². The average molecular weight is 337 g/mol. The second-order valence-electron chi connectivity index (χ2n) is 4.48. The Kier molecular flexibility index (Phi) is 5.02. The number of anilines is 1. The molecule has 0 atom stereocenters. The SMILES string of the molecule is O=C(CCl)Nc1ccc([N+](=O)[O-])cc1C(=O)c1ccccc1F. The zero-order valence-electron chi connectivity index (χ0n) is 11.6. The molecule has 0 aliphatic heterocycles. The maximum atomic E-state index is 13.8. The summed E-state index contributed by atoms with van der Waals surface area (Å²) in [5.74, 6) is -2.50. The van der Waals surface area contributed by atoms with Gasteiger partial charge in [-0.3, -0.25) is 19.7 Å². The van der Waals surface area contributed by atoms with Crippen LogP contribution in [0.3, 0.4) is 0 Å². The molecular weight excluding hydrogens is 327 g/mol. The maximum Gasteiger partial charge on any atom is 0.270 e. The molecule has 0 unspecified atom stereocenters. The summed E-state index contributed by atoms with van der Waals surface area (Å²) in [5.41, 5.74) is -0.778. The molecule has 0 aliphatic carbocycles. The highest BCUT2D eigenvalue weighted by Gasteiger charge is 2.21. The van der Waals surface area contributed by atoms with E-state index in [9.17, 15) is 24.1 Å². The van der Waals surface area contributed by atoms with Gasteiger partial charge in [0, 0.05) is 12.1 Å². The van der Waals surface area contributed by atoms with Crippen LogP contribution in [0.4, 0.5) is 15.8 Å². The summed E-state index contributed by atoms with van der Waals surface area (Å²) in [6.07, 6.45) is 0. The molecule has 0 radical (unpaired) electrons. The zero-order valence-corrected chi connectivity index (χ0v) is 12.3. The number of nitrogens with zero attached hydrogens (tertiary/aromatic N) is 1. The molecule has 0 aliphatic rings. The molecule has 6 nitrogen and oxygen atoms in total. The molecule has 2 rings (SSSR count). The van der Waals surface area contributed by atoms with Gasteiger partial charge < -0.3 is 5.32 Å². The Morgan fingerprint density at radius 3 is 2.48 bits per heavy atom. The predicted octanol–water partition coefficient (Wildman–Crippen LogP) is 3.14. The van der Waals surface area contributed by atoms with Gasteiger partial charge in [-0.05, 0) is 18.2 Å². The van der Waals surface area contributed by atoms with Gasteiger partial charge in [0.2, 0.25) is 5.91 Å². The minimum absolute atomic E-state index is 0.0227. The standard InChI is InChI=1S/C15H10ClFN2O4/c16-8-14(20)18-13-6-5-9(19(22)23)7-11(13)15(21)10-3-1-2-4-12(10)17/h1-7H,8H2,(H,18,20). The monoisotopic (exact) mass is 336 g/mol. The Morgan fingerprint density at radius 2 is 1.87 bits per heavy atom. The summed E-state index contributed by atoms with van der Waals surface area (Å²) in [6.45, 7) is 0. The van der Waals surface area contributed by atoms with Gasteiger partial charge in [0.15, 0.2) is 5.78 Å². The number of hydrogen-bond donors (Lipinski definition) is 1. The van der Waals surface area contributed by atoms with Crippen LogP contribution in [0.1, 0.15) is 15.9 Å². The lowest BCUT2D eigenvalue weighted by Gasteiger charge is -2.10. The van der Waals surface area contributed by atoms with Crippen molar-refractivity contribution in [3.63, 3.8) is 0 Å². The van der Waals surface area contributed by atoms with Crippen molar-refractivity contribution < 1.29 is 18.9 Å². The van der Waals surface area contributed by atoms with Crippen LogP contribution >= 0.6 is 11.6 Å². The summed E-state index contributed by atoms with van der Waals surface area (Å²) in [4.78, 5) is 34.1. The Bertz CT molecular complexity index is 795. The van der Waals surface area contributed by atoms with E-state index in [-0.39, 0.29) is 28.4 Å². The highest BCUT2D eigenvalue weighted by Crippen LogP contribution is 2.25. The Labute approximate surface area is 135 Å². The lowest BCUT2D eigenvalue weighted by molar-refractivity contribution is -0.384. The topological polar surface area (TPSA) is 89.3 Å². The molecule has 0 saturated carbocycles. The van der Waals surface area contributed by atoms with E-state index in [2.05, 4.69) is 5.32 Å². The number of hydrogen-bond acceptors (Lipinski definition) is 4. The quantitative estimate of drug-likeness (QED) is 0.393. The van der Waals surface area contributed by atoms with Crippen LogP contribution < -0.4 is 5.32 Å². The molecule has 0 saturated heterocycles. The van der Waals surface area contributed by atoms with E-state index in [4.69, 9.17) is 11.6 Å². The Balaban J connectivity index is 2.55. The first-order valence-corrected chi connectivity index (χ1v) is 6.91. The molecule has 0 bridgehead atoms. The van der Waals surface area contributed by atoms with E-state index >= 15 is 0 Å². The summed E-state index contributed by atoms with van der Waals surface area (Å²) in [5, 5.41) is 13.2. The highest BCUT2D eigenvalue weighted by molar-refractivity contribution is 6.29. The van der Waals surface area contributed by atoms with Gasteiger partial charge in [-0.1, -0.05) is 12.1 Å². The molecule has 23 heavy (non-hydrogen) atoms. The molecule has 8 heteroatoms. The first-order valence-electron chi connectivity index (χ1n) is 6.37. The van der Waals surface area contributed by atoms with E-state index < -0.39 is 22.4 Å². The Hall–Kier alpha value is -2.80. The highest BCUT2D eigenvalue weighted by atomic mass is 35.5. The average Bonchev–Trinajstić information content (AvgIpc) is 2.54. The summed E-state index contributed by atoms with van der Waals surface area (Å²) in [7, 11) is 0. The van der Waals surface area contributed by atoms with Gasteiger partial charge in [0.1, 0.15) is 11.7 Å². The first-order chi connectivity index (χ1) is 10.9. The Morgan fingerprint density at radius 1 is 1.17 bits per heavy atom. The molecule has 0 heterocycles. The number of halogens is 2. The van der Waals surface area contributed by atoms with Crippen LogP contribution in [0.15, 0.2) is 42.5 Å². The molecule has 0 spiro atoms. The molecule has 1 N–H and O–H groups in total. The smallest absolute Gasteiger partial charge is 0.270 e. The second kappa shape index (κ2) is 6.97. The number of carbonyl (C=O) groups excluding carboxylic acids is 2. The van der Waals surface area contributed by atoms with Gasteiger partial charge in [-0.2, -0.15) is 0 Å². The van der Waals surface area contributed by atoms with Crippen LogP contribution in [-0.2, 0) is 4.79 Å². The van der Waals surface area contributed by atoms with Gasteiger partial charge in [0.25, 0.3) is 5.69 Å². The number of nitro groups is 1. The molecule has 0 aromatic heterocycles. The van der Waals surface area contributed by atoms with Gasteiger partial charge >= 0.3 is 0 Å². The fraction of sp³-hybridized carbons (Fsp3) is 0.0667. The van der Waals surface area contributed by atoms with Crippen LogP contribution in [-0.4, -0.2) is 22.5 Å². The number of nitrogens with one attached hydrogen (secondary N) is 1. The predicted molar refractivity (Wildman–Crippen MR) is 82.3 cm³/mol. The number of ketones is 1. The normalized spacial score (nSPS) is 10.2. The van der Waals surface area contributed by atoms with Crippen LogP contribution in [0, 0.1) is 15.9 Å². The molecule has 2 aromatic rings. The van der Waals surface area contributed by atoms with Crippen molar-refractivity contribution in [1.29, 1.82) is 0 Å². The third-order valence-electron chi connectivity index (χ3n) is 2.97. The lowest BCUT2D eigenvalue weighted by Crippen LogP contribution is -2.16. The van der Waals surface area contributed by atoms with Crippen LogP contribution in [0.2, 0.25) is 0 Å². The van der Waals surface area contributed by atoms with Crippen molar-refractivity contribution in [2.24, 2.45) is 0 Å². The van der Waals surface area contributed by atoms with Crippen molar-refractivity contribution >= 4 is 34.7 Å². The third kappa shape index (κ3) is 3.70. The molecular formula is C15H10ClFN2O4. The number of benzene rings is 2. The summed E-state index contributed by atoms with van der Waals surface area (Å²) in [6, 6.07) is 8.54. The van der Waals surface area contributed by atoms with E-state index in [0.717, 1.165) is 18.2 Å². The summed E-state index contributed by atoms with van der Waals surface area (Å²) >= 11 is 5.39. The third-order valence-corrected chi connectivity index (χ3v) is 3.22. The zero-order chi connectivity index (χ0) is 17.0. The molecule has 1 amide bonds. The molecule has 0 fully saturated rings. The molecule has 118 valence electrons. The molecule has 2 aromatic carbocycles. The number of amides is 1. The van der Waals surface area contributed by atoms with Crippen LogP contribution in [0.25, 0.3) is 0 Å². The number of non-ortho nitro benzene ring substituents is 1. The minimum atomic E-state index is -0.781. The maximum absolute atomic E-state index is 13.8. The lowest BCUT2D eigenvalue weighted by atomic mass is 10.0. The van der Waals surface area contributed by atoms with Crippen molar-refractivity contribution in [2.75, 3.05) is 11.2 Å². The van der Waals surface area contributed by atoms with E-state index in [1.807, 2.05) is 0 Å². The van der Waals surface area contributed by atoms with Gasteiger partial charge in [-0.15, -0.1) is 11.6 Å². The van der Waals surface area contributed by atoms with Gasteiger partial charge in [0.05, 0.1) is 21.7 Å². The van der Waals surface area contributed by atoms with E-state index in [1.165, 1.54) is 24.3 Å². The summed E-state index contributed by atoms with van der Waals surface area (Å²) < 4.78 is 13.8. The van der Waals surface area contributed by atoms with E-state index in [0.29, 0.717) is 0 Å². The number of carbonyl (C=O) groups is 2. The van der Waals surface area contributed by atoms with Crippen molar-refractivity contribution in [3.05, 3.63) is 69.5 Å². The van der Waals surface area contributed by atoms with Crippen LogP contribution in [0.5, 0.6) is 0 Å². The number of nitro benzene ring substituents is 1.